The summed E-state index contributed by atoms with van der Waals surface area (Å²) in [4.78, 5) is 27.8. The van der Waals surface area contributed by atoms with Gasteiger partial charge in [-0.15, -0.1) is 0 Å². The standard InChI is InChI=1S/C21H23F2N3O4/c1-3-13-15-18(26(12-5-6-12)11-14(20(15)27)30-21(28)29)17(23)19(16(13)22)25-9-7-24(4-2)8-10-25/h3,11-12H,1,4-10H2,2H3,(H,28,29). The molecule has 0 amide bonds. The lowest BCUT2D eigenvalue weighted by Crippen LogP contribution is -2.46. The van der Waals surface area contributed by atoms with Gasteiger partial charge in [0.1, 0.15) is 5.69 Å². The van der Waals surface area contributed by atoms with E-state index in [1.807, 2.05) is 6.92 Å². The fourth-order valence-corrected chi connectivity index (χ4v) is 4.09. The number of fused-ring (bicyclic) bond motifs is 1. The van der Waals surface area contributed by atoms with Gasteiger partial charge in [-0.3, -0.25) is 4.79 Å². The van der Waals surface area contributed by atoms with Crippen LogP contribution in [0.2, 0.25) is 0 Å². The molecule has 0 atom stereocenters. The molecule has 1 saturated carbocycles. The lowest BCUT2D eigenvalue weighted by molar-refractivity contribution is 0.143. The lowest BCUT2D eigenvalue weighted by Gasteiger charge is -2.36. The van der Waals surface area contributed by atoms with E-state index in [-0.39, 0.29) is 28.2 Å². The maximum atomic E-state index is 15.8. The maximum Gasteiger partial charge on any atom is 0.511 e. The normalized spacial score (nSPS) is 17.4. The van der Waals surface area contributed by atoms with Crippen molar-refractivity contribution in [2.75, 3.05) is 37.6 Å². The van der Waals surface area contributed by atoms with Crippen molar-refractivity contribution in [3.63, 3.8) is 0 Å². The number of rotatable bonds is 5. The van der Waals surface area contributed by atoms with Crippen LogP contribution in [0.5, 0.6) is 5.75 Å². The van der Waals surface area contributed by atoms with E-state index in [4.69, 9.17) is 5.11 Å². The number of benzene rings is 1. The van der Waals surface area contributed by atoms with Crippen LogP contribution in [0.3, 0.4) is 0 Å². The molecule has 1 aromatic carbocycles. The summed E-state index contributed by atoms with van der Waals surface area (Å²) in [5, 5.41) is 8.70. The minimum absolute atomic E-state index is 0.0375. The summed E-state index contributed by atoms with van der Waals surface area (Å²) in [6.45, 7) is 8.78. The Bertz CT molecular complexity index is 1090. The Balaban J connectivity index is 1.98. The number of hydrogen-bond acceptors (Lipinski definition) is 5. The first kappa shape index (κ1) is 20.3. The molecule has 160 valence electrons. The van der Waals surface area contributed by atoms with Gasteiger partial charge in [0.15, 0.2) is 17.4 Å². The molecule has 1 N–H and O–H groups in total. The van der Waals surface area contributed by atoms with Gasteiger partial charge < -0.3 is 24.2 Å². The summed E-state index contributed by atoms with van der Waals surface area (Å²) < 4.78 is 37.4. The van der Waals surface area contributed by atoms with Gasteiger partial charge in [-0.1, -0.05) is 19.6 Å². The van der Waals surface area contributed by atoms with Gasteiger partial charge in [0.2, 0.25) is 5.43 Å². The highest BCUT2D eigenvalue weighted by molar-refractivity contribution is 5.93. The number of hydrogen-bond donors (Lipinski definition) is 1. The second-order valence-corrected chi connectivity index (χ2v) is 7.57. The SMILES string of the molecule is C=Cc1c(F)c(N2CCN(CC)CC2)c(F)c2c1c(=O)c(OC(=O)O)cn2C1CC1. The molecule has 1 aliphatic carbocycles. The number of carboxylic acid groups (broad SMARTS) is 1. The zero-order valence-corrected chi connectivity index (χ0v) is 16.7. The van der Waals surface area contributed by atoms with Gasteiger partial charge in [0.05, 0.1) is 17.1 Å². The van der Waals surface area contributed by atoms with Crippen molar-refractivity contribution in [2.45, 2.75) is 25.8 Å². The third-order valence-electron chi connectivity index (χ3n) is 5.81. The molecule has 9 heteroatoms. The second-order valence-electron chi connectivity index (χ2n) is 7.57. The molecular formula is C21H23F2N3O4. The van der Waals surface area contributed by atoms with Gasteiger partial charge in [-0.25, -0.2) is 13.6 Å². The minimum Gasteiger partial charge on any atom is -0.449 e. The lowest BCUT2D eigenvalue weighted by atomic mass is 10.0. The molecule has 2 heterocycles. The second kappa shape index (κ2) is 7.71. The molecule has 1 aliphatic heterocycles. The molecule has 30 heavy (non-hydrogen) atoms. The van der Waals surface area contributed by atoms with E-state index in [1.165, 1.54) is 16.8 Å². The smallest absolute Gasteiger partial charge is 0.449 e. The summed E-state index contributed by atoms with van der Waals surface area (Å²) in [7, 11) is 0. The number of halogens is 2. The molecule has 4 rings (SSSR count). The van der Waals surface area contributed by atoms with Crippen molar-refractivity contribution < 1.29 is 23.4 Å². The van der Waals surface area contributed by atoms with Crippen molar-refractivity contribution in [3.8, 4) is 5.75 Å². The Hall–Kier alpha value is -2.94. The van der Waals surface area contributed by atoms with E-state index in [0.717, 1.165) is 19.4 Å². The minimum atomic E-state index is -1.67. The van der Waals surface area contributed by atoms with E-state index < -0.39 is 29.0 Å². The summed E-state index contributed by atoms with van der Waals surface area (Å²) in [5.74, 6) is -2.16. The quantitative estimate of drug-likeness (QED) is 0.749. The molecule has 2 aromatic rings. The number of nitrogens with zero attached hydrogens (tertiary/aromatic N) is 3. The summed E-state index contributed by atoms with van der Waals surface area (Å²) in [5.41, 5.74) is -1.23. The fraction of sp³-hybridized carbons (Fsp3) is 0.429. The Labute approximate surface area is 171 Å². The van der Waals surface area contributed by atoms with Crippen LogP contribution in [0.25, 0.3) is 17.0 Å². The predicted octanol–water partition coefficient (Wildman–Crippen LogP) is 3.46. The first-order chi connectivity index (χ1) is 14.4. The maximum absolute atomic E-state index is 15.8. The summed E-state index contributed by atoms with van der Waals surface area (Å²) >= 11 is 0. The topological polar surface area (TPSA) is 75.0 Å². The van der Waals surface area contributed by atoms with E-state index in [1.54, 1.807) is 4.90 Å². The van der Waals surface area contributed by atoms with Crippen LogP contribution in [0, 0.1) is 11.6 Å². The Morgan fingerprint density at radius 2 is 1.93 bits per heavy atom. The number of likely N-dealkylation sites (N-methyl/N-ethyl adjacent to an activating group) is 1. The third-order valence-corrected chi connectivity index (χ3v) is 5.81. The van der Waals surface area contributed by atoms with Crippen LogP contribution in [0.1, 0.15) is 31.4 Å². The highest BCUT2D eigenvalue weighted by atomic mass is 19.1. The monoisotopic (exact) mass is 419 g/mol. The summed E-state index contributed by atoms with van der Waals surface area (Å²) in [6, 6.07) is -0.105. The van der Waals surface area contributed by atoms with Crippen LogP contribution in [0.15, 0.2) is 17.6 Å². The van der Waals surface area contributed by atoms with Crippen LogP contribution >= 0.6 is 0 Å². The third kappa shape index (κ3) is 3.32. The van der Waals surface area contributed by atoms with Crippen LogP contribution < -0.4 is 15.1 Å². The number of carbonyl (C=O) groups is 1. The Morgan fingerprint density at radius 3 is 2.47 bits per heavy atom. The molecule has 0 unspecified atom stereocenters. The number of ether oxygens (including phenoxy) is 1. The van der Waals surface area contributed by atoms with Crippen molar-refractivity contribution in [1.29, 1.82) is 0 Å². The van der Waals surface area contributed by atoms with Crippen molar-refractivity contribution in [2.24, 2.45) is 0 Å². The van der Waals surface area contributed by atoms with Crippen molar-refractivity contribution in [3.05, 3.63) is 40.2 Å². The van der Waals surface area contributed by atoms with Crippen LogP contribution in [-0.4, -0.2) is 53.5 Å². The molecule has 7 nitrogen and oxygen atoms in total. The van der Waals surface area contributed by atoms with Crippen molar-refractivity contribution in [1.82, 2.24) is 9.47 Å². The van der Waals surface area contributed by atoms with E-state index in [9.17, 15) is 9.59 Å². The van der Waals surface area contributed by atoms with Crippen LogP contribution in [-0.2, 0) is 0 Å². The molecule has 0 bridgehead atoms. The molecule has 0 spiro atoms. The van der Waals surface area contributed by atoms with E-state index >= 15 is 8.78 Å². The van der Waals surface area contributed by atoms with Gasteiger partial charge in [0, 0.05) is 37.8 Å². The predicted molar refractivity (Wildman–Crippen MR) is 109 cm³/mol. The molecule has 0 radical (unpaired) electrons. The number of piperazine rings is 1. The van der Waals surface area contributed by atoms with Gasteiger partial charge >= 0.3 is 6.16 Å². The van der Waals surface area contributed by atoms with Crippen LogP contribution in [0.4, 0.5) is 19.3 Å². The van der Waals surface area contributed by atoms with Gasteiger partial charge in [-0.05, 0) is 19.4 Å². The zero-order valence-electron chi connectivity index (χ0n) is 16.7. The Morgan fingerprint density at radius 1 is 1.27 bits per heavy atom. The number of anilines is 1. The van der Waals surface area contributed by atoms with E-state index in [2.05, 4.69) is 16.2 Å². The highest BCUT2D eigenvalue weighted by Gasteiger charge is 2.33. The zero-order chi connectivity index (χ0) is 21.6. The largest absolute Gasteiger partial charge is 0.511 e. The summed E-state index contributed by atoms with van der Waals surface area (Å²) in [6.07, 6.45) is 2.21. The molecule has 1 aromatic heterocycles. The first-order valence-electron chi connectivity index (χ1n) is 9.97. The number of aromatic nitrogens is 1. The Kier molecular flexibility index (Phi) is 5.23. The molecule has 2 aliphatic rings. The van der Waals surface area contributed by atoms with Crippen molar-refractivity contribution >= 4 is 28.8 Å². The molecule has 1 saturated heterocycles. The molecule has 2 fully saturated rings. The molecular weight excluding hydrogens is 396 g/mol. The van der Waals surface area contributed by atoms with E-state index in [0.29, 0.717) is 26.2 Å². The van der Waals surface area contributed by atoms with Gasteiger partial charge in [-0.2, -0.15) is 0 Å². The first-order valence-corrected chi connectivity index (χ1v) is 9.97. The number of pyridine rings is 1. The fourth-order valence-electron chi connectivity index (χ4n) is 4.09. The average Bonchev–Trinajstić information content (AvgIpc) is 3.56. The van der Waals surface area contributed by atoms with Gasteiger partial charge in [0.25, 0.3) is 0 Å². The average molecular weight is 419 g/mol. The highest BCUT2D eigenvalue weighted by Crippen LogP contribution is 2.42.